The zero-order valence-corrected chi connectivity index (χ0v) is 23.3. The van der Waals surface area contributed by atoms with Crippen LogP contribution in [0, 0.1) is 11.8 Å². The number of hydrogen-bond donors (Lipinski definition) is 1. The lowest BCUT2D eigenvalue weighted by Crippen LogP contribution is -2.53. The number of benzene rings is 1. The highest BCUT2D eigenvalue weighted by atomic mass is 19.4. The van der Waals surface area contributed by atoms with Crippen LogP contribution in [0.2, 0.25) is 0 Å². The second-order valence-corrected chi connectivity index (χ2v) is 9.63. The van der Waals surface area contributed by atoms with Gasteiger partial charge in [0.25, 0.3) is 5.60 Å². The molecule has 5 atom stereocenters. The monoisotopic (exact) mass is 544 g/mol. The number of methoxy groups -OCH3 is 2. The van der Waals surface area contributed by atoms with E-state index in [0.29, 0.717) is 19.3 Å². The molecule has 0 heterocycles. The third kappa shape index (κ3) is 8.56. The van der Waals surface area contributed by atoms with Gasteiger partial charge in [-0.15, -0.1) is 0 Å². The highest BCUT2D eigenvalue weighted by Gasteiger charge is 2.64. The minimum absolute atomic E-state index is 0.100. The quantitative estimate of drug-likeness (QED) is 0.189. The van der Waals surface area contributed by atoms with Crippen molar-refractivity contribution in [1.82, 2.24) is 0 Å². The number of allylic oxidation sites excluding steroid dienone is 2. The van der Waals surface area contributed by atoms with Gasteiger partial charge in [-0.05, 0) is 50.4 Å². The summed E-state index contributed by atoms with van der Waals surface area (Å²) >= 11 is 0. The Labute approximate surface area is 224 Å². The first-order valence-corrected chi connectivity index (χ1v) is 13.2. The minimum Gasteiger partial charge on any atom is -0.469 e. The van der Waals surface area contributed by atoms with Gasteiger partial charge in [-0.2, -0.15) is 13.2 Å². The largest absolute Gasteiger partial charge is 0.469 e. The van der Waals surface area contributed by atoms with E-state index in [4.69, 9.17) is 14.2 Å². The second kappa shape index (κ2) is 15.3. The average molecular weight is 545 g/mol. The van der Waals surface area contributed by atoms with E-state index in [1.54, 1.807) is 6.92 Å². The van der Waals surface area contributed by atoms with Gasteiger partial charge < -0.3 is 19.3 Å². The van der Waals surface area contributed by atoms with E-state index in [2.05, 4.69) is 6.08 Å². The summed E-state index contributed by atoms with van der Waals surface area (Å²) in [5, 5.41) is 11.5. The van der Waals surface area contributed by atoms with Crippen LogP contribution in [0.1, 0.15) is 78.2 Å². The highest BCUT2D eigenvalue weighted by molar-refractivity contribution is 5.83. The van der Waals surface area contributed by atoms with E-state index in [0.717, 1.165) is 39.2 Å². The number of aliphatic hydroxyl groups is 1. The maximum Gasteiger partial charge on any atom is 0.432 e. The van der Waals surface area contributed by atoms with Gasteiger partial charge in [-0.25, -0.2) is 4.79 Å². The maximum atomic E-state index is 14.4. The molecule has 216 valence electrons. The zero-order valence-electron chi connectivity index (χ0n) is 23.3. The van der Waals surface area contributed by atoms with Gasteiger partial charge in [-0.1, -0.05) is 70.2 Å². The molecule has 0 spiro atoms. The lowest BCUT2D eigenvalue weighted by Gasteiger charge is -2.38. The molecule has 0 aromatic heterocycles. The fourth-order valence-electron chi connectivity index (χ4n) is 4.72. The second-order valence-electron chi connectivity index (χ2n) is 9.63. The molecule has 0 bridgehead atoms. The molecule has 0 saturated heterocycles. The Morgan fingerprint density at radius 1 is 1.00 bits per heavy atom. The van der Waals surface area contributed by atoms with Gasteiger partial charge in [0.05, 0.1) is 19.1 Å². The lowest BCUT2D eigenvalue weighted by molar-refractivity contribution is -0.279. The average Bonchev–Trinajstić information content (AvgIpc) is 2.89. The molecule has 0 amide bonds. The molecule has 9 heteroatoms. The topological polar surface area (TPSA) is 82.1 Å². The summed E-state index contributed by atoms with van der Waals surface area (Å²) in [6.45, 7) is 7.65. The molecular weight excluding hydrogens is 501 g/mol. The molecule has 0 fully saturated rings. The number of rotatable bonds is 16. The summed E-state index contributed by atoms with van der Waals surface area (Å²) in [5.41, 5.74) is -5.01. The molecule has 6 nitrogen and oxygen atoms in total. The van der Waals surface area contributed by atoms with Crippen LogP contribution in [-0.2, 0) is 29.4 Å². The summed E-state index contributed by atoms with van der Waals surface area (Å²) in [4.78, 5) is 25.6. The van der Waals surface area contributed by atoms with Crippen LogP contribution in [0.25, 0.3) is 0 Å². The Kier molecular flexibility index (Phi) is 13.5. The third-order valence-corrected chi connectivity index (χ3v) is 7.19. The summed E-state index contributed by atoms with van der Waals surface area (Å²) in [6.07, 6.45) is 0.157. The van der Waals surface area contributed by atoms with E-state index in [1.807, 2.05) is 26.8 Å². The molecule has 1 rings (SSSR count). The summed E-state index contributed by atoms with van der Waals surface area (Å²) in [7, 11) is 1.94. The van der Waals surface area contributed by atoms with Crippen molar-refractivity contribution in [3.8, 4) is 0 Å². The third-order valence-electron chi connectivity index (χ3n) is 7.19. The fourth-order valence-corrected chi connectivity index (χ4v) is 4.72. The molecule has 38 heavy (non-hydrogen) atoms. The van der Waals surface area contributed by atoms with Crippen LogP contribution in [-0.4, -0.2) is 49.1 Å². The van der Waals surface area contributed by atoms with Crippen molar-refractivity contribution in [1.29, 1.82) is 0 Å². The van der Waals surface area contributed by atoms with Crippen molar-refractivity contribution >= 4 is 11.9 Å². The van der Waals surface area contributed by atoms with Crippen molar-refractivity contribution in [2.24, 2.45) is 11.8 Å². The van der Waals surface area contributed by atoms with Crippen LogP contribution in [0.15, 0.2) is 42.5 Å². The number of carbonyl (C=O) groups excluding carboxylic acids is 2. The normalized spacial score (nSPS) is 17.7. The van der Waals surface area contributed by atoms with Gasteiger partial charge in [0.15, 0.2) is 0 Å². The van der Waals surface area contributed by atoms with Crippen molar-refractivity contribution in [2.75, 3.05) is 14.2 Å². The fraction of sp³-hybridized carbons (Fsp3) is 0.655. The van der Waals surface area contributed by atoms with Crippen molar-refractivity contribution < 1.29 is 42.1 Å². The Balaban J connectivity index is 3.43. The molecule has 0 unspecified atom stereocenters. The van der Waals surface area contributed by atoms with E-state index in [9.17, 15) is 27.9 Å². The number of alkyl halides is 3. The standard InChI is InChI=1S/C29H43F3O6/c1-7-11-15-21(8-2)19-27(35,10-4)20-22(9-3)24(18-25(33)36-5)38-26(34)28(37-6,29(30,31)32)23-16-13-12-14-17-23/h11-17,21-22,24,35H,7-10,18-20H2,1-6H3/b15-11+/t21-,22+,24-,27-,28-/m0/s1. The van der Waals surface area contributed by atoms with Gasteiger partial charge in [0.1, 0.15) is 6.10 Å². The van der Waals surface area contributed by atoms with E-state index in [-0.39, 0.29) is 12.3 Å². The van der Waals surface area contributed by atoms with Crippen LogP contribution < -0.4 is 0 Å². The first-order chi connectivity index (χ1) is 17.9. The maximum absolute atomic E-state index is 14.4. The molecule has 1 aromatic carbocycles. The molecule has 0 aliphatic carbocycles. The summed E-state index contributed by atoms with van der Waals surface area (Å²) in [5.74, 6) is -2.94. The molecular formula is C29H43F3O6. The first kappa shape index (κ1) is 33.6. The molecule has 0 radical (unpaired) electrons. The molecule has 1 aromatic rings. The summed E-state index contributed by atoms with van der Waals surface area (Å²) in [6, 6.07) is 6.51. The SMILES string of the molecule is CC/C=C/[C@H](CC)C[C@@](O)(CC)C[C@@H](CC)[C@H](CC(=O)OC)OC(=O)[C@@](OC)(c1ccccc1)C(F)(F)F. The Morgan fingerprint density at radius 2 is 1.63 bits per heavy atom. The van der Waals surface area contributed by atoms with Crippen molar-refractivity contribution in [2.45, 2.75) is 96.1 Å². The summed E-state index contributed by atoms with van der Waals surface area (Å²) < 4.78 is 58.3. The van der Waals surface area contributed by atoms with E-state index < -0.39 is 53.3 Å². The Morgan fingerprint density at radius 3 is 2.08 bits per heavy atom. The molecule has 0 saturated carbocycles. The number of hydrogen-bond acceptors (Lipinski definition) is 6. The van der Waals surface area contributed by atoms with Crippen LogP contribution in [0.3, 0.4) is 0 Å². The molecule has 1 N–H and O–H groups in total. The van der Waals surface area contributed by atoms with Gasteiger partial charge >= 0.3 is 18.1 Å². The van der Waals surface area contributed by atoms with Gasteiger partial charge in [0.2, 0.25) is 0 Å². The smallest absolute Gasteiger partial charge is 0.432 e. The van der Waals surface area contributed by atoms with Crippen LogP contribution >= 0.6 is 0 Å². The number of halogens is 3. The van der Waals surface area contributed by atoms with Crippen molar-refractivity contribution in [3.63, 3.8) is 0 Å². The predicted octanol–water partition coefficient (Wildman–Crippen LogP) is 6.51. The number of esters is 2. The van der Waals surface area contributed by atoms with Gasteiger partial charge in [0, 0.05) is 12.7 Å². The zero-order chi connectivity index (χ0) is 29.0. The number of ether oxygens (including phenoxy) is 3. The minimum atomic E-state index is -5.15. The molecule has 0 aliphatic rings. The van der Waals surface area contributed by atoms with Gasteiger partial charge in [-0.3, -0.25) is 4.79 Å². The molecule has 0 aliphatic heterocycles. The van der Waals surface area contributed by atoms with Crippen LogP contribution in [0.5, 0.6) is 0 Å². The highest BCUT2D eigenvalue weighted by Crippen LogP contribution is 2.44. The van der Waals surface area contributed by atoms with E-state index >= 15 is 0 Å². The number of carbonyl (C=O) groups is 2. The van der Waals surface area contributed by atoms with E-state index in [1.165, 1.54) is 18.2 Å². The lowest BCUT2D eigenvalue weighted by atomic mass is 9.77. The Hall–Kier alpha value is -2.39. The van der Waals surface area contributed by atoms with Crippen molar-refractivity contribution in [3.05, 3.63) is 48.0 Å². The van der Waals surface area contributed by atoms with Crippen LogP contribution in [0.4, 0.5) is 13.2 Å². The predicted molar refractivity (Wildman–Crippen MR) is 139 cm³/mol. The first-order valence-electron chi connectivity index (χ1n) is 13.2. The Bertz CT molecular complexity index is 888.